The Morgan fingerprint density at radius 2 is 1.92 bits per heavy atom. The lowest BCUT2D eigenvalue weighted by atomic mass is 9.70. The Kier molecular flexibility index (Phi) is 5.69. The van der Waals surface area contributed by atoms with Gasteiger partial charge in [-0.05, 0) is 30.9 Å². The molecule has 1 unspecified atom stereocenters. The molecule has 26 heavy (non-hydrogen) atoms. The van der Waals surface area contributed by atoms with E-state index >= 15 is 0 Å². The number of nitrogens with one attached hydrogen (secondary N) is 1. The second-order valence-corrected chi connectivity index (χ2v) is 8.99. The van der Waals surface area contributed by atoms with Crippen molar-refractivity contribution in [3.05, 3.63) is 44.9 Å². The van der Waals surface area contributed by atoms with Gasteiger partial charge in [0.1, 0.15) is 0 Å². The van der Waals surface area contributed by atoms with Crippen LogP contribution >= 0.6 is 11.6 Å². The minimum absolute atomic E-state index is 0.145. The molecule has 0 saturated carbocycles. The van der Waals surface area contributed by atoms with E-state index in [1.807, 2.05) is 19.9 Å². The largest absolute Gasteiger partial charge is 0.378 e. The van der Waals surface area contributed by atoms with Gasteiger partial charge in [0.05, 0.1) is 10.6 Å². The predicted molar refractivity (Wildman–Crippen MR) is 106 cm³/mol. The number of halogens is 1. The molecule has 1 atom stereocenters. The minimum Gasteiger partial charge on any atom is -0.378 e. The molecule has 0 bridgehead atoms. The van der Waals surface area contributed by atoms with Crippen molar-refractivity contribution in [2.45, 2.75) is 53.0 Å². The fourth-order valence-corrected chi connectivity index (χ4v) is 3.87. The van der Waals surface area contributed by atoms with Gasteiger partial charge in [0.25, 0.3) is 0 Å². The van der Waals surface area contributed by atoms with Gasteiger partial charge in [0.2, 0.25) is 10.8 Å². The van der Waals surface area contributed by atoms with Crippen molar-refractivity contribution in [3.63, 3.8) is 0 Å². The molecule has 144 valence electrons. The van der Waals surface area contributed by atoms with Crippen LogP contribution in [0.15, 0.2) is 39.8 Å². The molecule has 0 amide bonds. The Balaban J connectivity index is 2.77. The molecule has 0 aromatic rings. The smallest absolute Gasteiger partial charge is 0.327 e. The number of hydrogen-bond acceptors (Lipinski definition) is 5. The first kappa shape index (κ1) is 20.6. The van der Waals surface area contributed by atoms with E-state index in [2.05, 4.69) is 44.1 Å². The van der Waals surface area contributed by atoms with Crippen LogP contribution in [0.2, 0.25) is 0 Å². The van der Waals surface area contributed by atoms with Gasteiger partial charge >= 0.3 is 5.70 Å². The van der Waals surface area contributed by atoms with Gasteiger partial charge in [-0.15, -0.1) is 0 Å². The highest BCUT2D eigenvalue weighted by Crippen LogP contribution is 2.47. The van der Waals surface area contributed by atoms with E-state index < -0.39 is 9.92 Å². The SMILES string of the molecule is CC(C)CNC1(Cl)C2=C(CC(C)C)C(C)(C)C=CC2=NC(N)=C1[N+](=O)[O-]. The van der Waals surface area contributed by atoms with E-state index in [-0.39, 0.29) is 22.9 Å². The van der Waals surface area contributed by atoms with Crippen molar-refractivity contribution in [2.24, 2.45) is 28.0 Å². The first-order chi connectivity index (χ1) is 11.9. The molecule has 0 spiro atoms. The number of nitro groups is 1. The summed E-state index contributed by atoms with van der Waals surface area (Å²) in [6.07, 6.45) is 4.71. The Hall–Kier alpha value is -1.66. The third-order valence-electron chi connectivity index (χ3n) is 4.70. The molecule has 2 aliphatic rings. The highest BCUT2D eigenvalue weighted by atomic mass is 35.5. The number of nitrogens with two attached hydrogens (primary N) is 1. The predicted octanol–water partition coefficient (Wildman–Crippen LogP) is 3.96. The second-order valence-electron chi connectivity index (χ2n) is 8.43. The topological polar surface area (TPSA) is 93.5 Å². The van der Waals surface area contributed by atoms with Gasteiger partial charge in [0, 0.05) is 11.0 Å². The number of fused-ring (bicyclic) bond motifs is 1. The first-order valence-electron chi connectivity index (χ1n) is 9.01. The molecule has 2 rings (SSSR count). The summed E-state index contributed by atoms with van der Waals surface area (Å²) in [6, 6.07) is 0. The summed E-state index contributed by atoms with van der Waals surface area (Å²) in [5.74, 6) is 0.495. The van der Waals surface area contributed by atoms with Crippen molar-refractivity contribution in [3.8, 4) is 0 Å². The summed E-state index contributed by atoms with van der Waals surface area (Å²) in [4.78, 5) is 14.1. The van der Waals surface area contributed by atoms with Gasteiger partial charge in [-0.25, -0.2) is 4.99 Å². The van der Waals surface area contributed by atoms with Crippen LogP contribution in [0, 0.1) is 27.4 Å². The Labute approximate surface area is 160 Å². The zero-order chi connectivity index (χ0) is 19.9. The fraction of sp³-hybridized carbons (Fsp3) is 0.632. The number of hydrogen-bond donors (Lipinski definition) is 2. The van der Waals surface area contributed by atoms with Crippen LogP contribution in [0.25, 0.3) is 0 Å². The lowest BCUT2D eigenvalue weighted by Gasteiger charge is -2.40. The molecule has 0 radical (unpaired) electrons. The maximum atomic E-state index is 11.8. The lowest BCUT2D eigenvalue weighted by Crippen LogP contribution is -2.53. The molecular formula is C19H29ClN4O2. The number of aliphatic imine (C=N–C) groups is 1. The molecule has 0 aromatic heterocycles. The van der Waals surface area contributed by atoms with Crippen molar-refractivity contribution in [1.82, 2.24) is 5.32 Å². The van der Waals surface area contributed by atoms with E-state index in [0.717, 1.165) is 12.0 Å². The second kappa shape index (κ2) is 7.16. The van der Waals surface area contributed by atoms with Crippen molar-refractivity contribution in [1.29, 1.82) is 0 Å². The molecule has 1 aliphatic heterocycles. The molecule has 7 heteroatoms. The van der Waals surface area contributed by atoms with Gasteiger partial charge < -0.3 is 5.73 Å². The van der Waals surface area contributed by atoms with E-state index in [0.29, 0.717) is 23.7 Å². The van der Waals surface area contributed by atoms with E-state index in [1.165, 1.54) is 0 Å². The van der Waals surface area contributed by atoms with Gasteiger partial charge in [-0.2, -0.15) is 0 Å². The molecule has 0 aromatic carbocycles. The third kappa shape index (κ3) is 3.71. The maximum Gasteiger partial charge on any atom is 0.327 e. The van der Waals surface area contributed by atoms with Gasteiger partial charge in [-0.1, -0.05) is 64.8 Å². The van der Waals surface area contributed by atoms with Crippen LogP contribution < -0.4 is 11.1 Å². The summed E-state index contributed by atoms with van der Waals surface area (Å²) >= 11 is 6.99. The average molecular weight is 381 g/mol. The minimum atomic E-state index is -1.50. The number of allylic oxidation sites excluding steroid dienone is 3. The third-order valence-corrected chi connectivity index (χ3v) is 5.20. The highest BCUT2D eigenvalue weighted by Gasteiger charge is 2.53. The summed E-state index contributed by atoms with van der Waals surface area (Å²) in [6.45, 7) is 13.0. The monoisotopic (exact) mass is 380 g/mol. The highest BCUT2D eigenvalue weighted by molar-refractivity contribution is 6.33. The molecule has 0 saturated heterocycles. The number of nitrogens with zero attached hydrogens (tertiary/aromatic N) is 2. The lowest BCUT2D eigenvalue weighted by molar-refractivity contribution is -0.433. The van der Waals surface area contributed by atoms with Gasteiger partial charge in [0.15, 0.2) is 0 Å². The van der Waals surface area contributed by atoms with Crippen molar-refractivity contribution < 1.29 is 4.92 Å². The normalized spacial score (nSPS) is 25.0. The van der Waals surface area contributed by atoms with E-state index in [4.69, 9.17) is 17.3 Å². The molecule has 1 aliphatic carbocycles. The Bertz CT molecular complexity index is 732. The number of rotatable bonds is 6. The summed E-state index contributed by atoms with van der Waals surface area (Å²) < 4.78 is 0. The zero-order valence-corrected chi connectivity index (χ0v) is 17.1. The Morgan fingerprint density at radius 3 is 2.42 bits per heavy atom. The molecular weight excluding hydrogens is 352 g/mol. The van der Waals surface area contributed by atoms with Crippen LogP contribution in [0.4, 0.5) is 0 Å². The molecule has 0 fully saturated rings. The Morgan fingerprint density at radius 1 is 1.31 bits per heavy atom. The fourth-order valence-electron chi connectivity index (χ4n) is 3.41. The summed E-state index contributed by atoms with van der Waals surface area (Å²) in [5, 5.41) is 15.0. The van der Waals surface area contributed by atoms with Crippen LogP contribution in [0.5, 0.6) is 0 Å². The molecule has 6 nitrogen and oxygen atoms in total. The van der Waals surface area contributed by atoms with E-state index in [9.17, 15) is 10.1 Å². The standard InChI is InChI=1S/C19H29ClN4O2/c1-11(2)9-13-15-14(7-8-18(13,5)6)23-17(21)16(24(25)26)19(15,20)22-10-12(3)4/h7-8,11-12,22H,9-10,21H2,1-6H3. The first-order valence-corrected chi connectivity index (χ1v) is 9.39. The van der Waals surface area contributed by atoms with Crippen LogP contribution in [-0.2, 0) is 0 Å². The van der Waals surface area contributed by atoms with Crippen LogP contribution in [0.1, 0.15) is 48.0 Å². The average Bonchev–Trinajstić information content (AvgIpc) is 2.47. The van der Waals surface area contributed by atoms with Crippen LogP contribution in [0.3, 0.4) is 0 Å². The van der Waals surface area contributed by atoms with Crippen molar-refractivity contribution >= 4 is 17.3 Å². The molecule has 3 N–H and O–H groups in total. The maximum absolute atomic E-state index is 11.8. The van der Waals surface area contributed by atoms with Crippen molar-refractivity contribution in [2.75, 3.05) is 6.54 Å². The summed E-state index contributed by atoms with van der Waals surface area (Å²) in [7, 11) is 0. The zero-order valence-electron chi connectivity index (χ0n) is 16.4. The molecule has 1 heterocycles. The summed E-state index contributed by atoms with van der Waals surface area (Å²) in [5.41, 5.74) is 7.74. The quantitative estimate of drug-likeness (QED) is 0.315. The van der Waals surface area contributed by atoms with E-state index in [1.54, 1.807) is 0 Å². The van der Waals surface area contributed by atoms with Gasteiger partial charge in [-0.3, -0.25) is 15.4 Å². The number of alkyl halides is 1. The van der Waals surface area contributed by atoms with Crippen LogP contribution in [-0.4, -0.2) is 22.2 Å².